The fourth-order valence-corrected chi connectivity index (χ4v) is 4.59. The monoisotopic (exact) mass is 351 g/mol. The summed E-state index contributed by atoms with van der Waals surface area (Å²) >= 11 is 12.3. The zero-order valence-corrected chi connectivity index (χ0v) is 13.7. The molecule has 1 aliphatic rings. The largest absolute Gasteiger partial charge is 0.449 e. The van der Waals surface area contributed by atoms with Crippen molar-refractivity contribution in [3.63, 3.8) is 0 Å². The Hall–Kier alpha value is -0.980. The summed E-state index contributed by atoms with van der Waals surface area (Å²) in [5.74, 6) is -0.0803. The van der Waals surface area contributed by atoms with E-state index in [1.807, 2.05) is 0 Å². The molecule has 1 atom stereocenters. The van der Waals surface area contributed by atoms with Gasteiger partial charge in [0.05, 0.1) is 39.9 Å². The van der Waals surface area contributed by atoms with Crippen LogP contribution >= 0.6 is 23.2 Å². The van der Waals surface area contributed by atoms with Gasteiger partial charge in [-0.15, -0.1) is 0 Å². The van der Waals surface area contributed by atoms with Gasteiger partial charge in [0.25, 0.3) is 0 Å². The van der Waals surface area contributed by atoms with Crippen molar-refractivity contribution in [3.05, 3.63) is 28.2 Å². The molecule has 1 fully saturated rings. The van der Waals surface area contributed by atoms with E-state index in [1.165, 1.54) is 4.90 Å². The highest BCUT2D eigenvalue weighted by molar-refractivity contribution is 7.91. The Bertz CT molecular complexity index is 627. The summed E-state index contributed by atoms with van der Waals surface area (Å²) in [5.41, 5.74) is 0.293. The van der Waals surface area contributed by atoms with Crippen LogP contribution in [0, 0.1) is 0 Å². The molecule has 21 heavy (non-hydrogen) atoms. The van der Waals surface area contributed by atoms with Gasteiger partial charge in [-0.3, -0.25) is 4.90 Å². The number of ether oxygens (including phenoxy) is 1. The summed E-state index contributed by atoms with van der Waals surface area (Å²) in [7, 11) is -3.16. The van der Waals surface area contributed by atoms with Crippen LogP contribution in [-0.2, 0) is 14.6 Å². The fourth-order valence-electron chi connectivity index (χ4n) is 2.31. The smallest absolute Gasteiger partial charge is 0.414 e. The molecule has 0 aliphatic carbocycles. The zero-order valence-electron chi connectivity index (χ0n) is 11.4. The molecule has 1 aromatic rings. The molecule has 1 saturated heterocycles. The first kappa shape index (κ1) is 16.4. The Labute approximate surface area is 133 Å². The quantitative estimate of drug-likeness (QED) is 0.838. The topological polar surface area (TPSA) is 63.7 Å². The summed E-state index contributed by atoms with van der Waals surface area (Å²) in [6, 6.07) is 4.33. The van der Waals surface area contributed by atoms with Gasteiger partial charge in [0, 0.05) is 0 Å². The van der Waals surface area contributed by atoms with Crippen LogP contribution < -0.4 is 4.90 Å². The van der Waals surface area contributed by atoms with E-state index in [0.29, 0.717) is 12.1 Å². The standard InChI is InChI=1S/C13H15Cl2NO4S/c1-2-20-13(17)16(9-6-7-21(18,19)8-9)12-10(14)4-3-5-11(12)15/h3-5,9H,2,6-8H2,1H3. The maximum Gasteiger partial charge on any atom is 0.414 e. The molecular formula is C13H15Cl2NO4S. The third kappa shape index (κ3) is 3.62. The van der Waals surface area contributed by atoms with Crippen molar-refractivity contribution < 1.29 is 17.9 Å². The average molecular weight is 352 g/mol. The number of para-hydroxylation sites is 1. The van der Waals surface area contributed by atoms with Crippen LogP contribution in [0.1, 0.15) is 13.3 Å². The third-order valence-corrected chi connectivity index (χ3v) is 5.58. The van der Waals surface area contributed by atoms with Crippen LogP contribution in [-0.4, -0.2) is 38.7 Å². The lowest BCUT2D eigenvalue weighted by Crippen LogP contribution is -2.42. The molecule has 0 radical (unpaired) electrons. The average Bonchev–Trinajstić information content (AvgIpc) is 2.74. The number of sulfone groups is 1. The van der Waals surface area contributed by atoms with Gasteiger partial charge in [-0.25, -0.2) is 13.2 Å². The van der Waals surface area contributed by atoms with E-state index in [1.54, 1.807) is 25.1 Å². The predicted molar refractivity (Wildman–Crippen MR) is 83.0 cm³/mol. The molecule has 2 rings (SSSR count). The van der Waals surface area contributed by atoms with Crippen molar-refractivity contribution in [3.8, 4) is 0 Å². The van der Waals surface area contributed by atoms with Crippen molar-refractivity contribution in [1.82, 2.24) is 0 Å². The molecule has 0 spiro atoms. The lowest BCUT2D eigenvalue weighted by Gasteiger charge is -2.28. The highest BCUT2D eigenvalue weighted by atomic mass is 35.5. The number of nitrogens with zero attached hydrogens (tertiary/aromatic N) is 1. The van der Waals surface area contributed by atoms with E-state index in [-0.39, 0.29) is 28.2 Å². The highest BCUT2D eigenvalue weighted by Crippen LogP contribution is 2.37. The maximum atomic E-state index is 12.2. The molecule has 1 aliphatic heterocycles. The second kappa shape index (κ2) is 6.42. The minimum absolute atomic E-state index is 0.0373. The first-order chi connectivity index (χ1) is 9.85. The molecule has 1 unspecified atom stereocenters. The Kier molecular flexibility index (Phi) is 5.01. The fraction of sp³-hybridized carbons (Fsp3) is 0.462. The molecular weight excluding hydrogens is 337 g/mol. The predicted octanol–water partition coefficient (Wildman–Crippen LogP) is 3.14. The van der Waals surface area contributed by atoms with E-state index >= 15 is 0 Å². The van der Waals surface area contributed by atoms with Gasteiger partial charge in [-0.1, -0.05) is 29.3 Å². The lowest BCUT2D eigenvalue weighted by molar-refractivity contribution is 0.157. The summed E-state index contributed by atoms with van der Waals surface area (Å²) in [6.07, 6.45) is -0.308. The summed E-state index contributed by atoms with van der Waals surface area (Å²) < 4.78 is 28.4. The minimum Gasteiger partial charge on any atom is -0.449 e. The van der Waals surface area contributed by atoms with Gasteiger partial charge < -0.3 is 4.74 Å². The molecule has 116 valence electrons. The van der Waals surface area contributed by atoms with Crippen molar-refractivity contribution in [2.45, 2.75) is 19.4 Å². The second-order valence-electron chi connectivity index (χ2n) is 4.70. The lowest BCUT2D eigenvalue weighted by atomic mass is 10.2. The molecule has 8 heteroatoms. The number of amides is 1. The summed E-state index contributed by atoms with van der Waals surface area (Å²) in [4.78, 5) is 13.5. The minimum atomic E-state index is -3.16. The van der Waals surface area contributed by atoms with Crippen LogP contribution in [0.25, 0.3) is 0 Å². The van der Waals surface area contributed by atoms with Crippen LogP contribution in [0.3, 0.4) is 0 Å². The van der Waals surface area contributed by atoms with Gasteiger partial charge >= 0.3 is 6.09 Å². The van der Waals surface area contributed by atoms with Gasteiger partial charge in [0.15, 0.2) is 9.84 Å². The second-order valence-corrected chi connectivity index (χ2v) is 7.74. The van der Waals surface area contributed by atoms with Gasteiger partial charge in [-0.2, -0.15) is 0 Å². The number of rotatable bonds is 3. The van der Waals surface area contributed by atoms with Crippen LogP contribution in [0.2, 0.25) is 10.0 Å². The number of benzene rings is 1. The van der Waals surface area contributed by atoms with Gasteiger partial charge in [0.2, 0.25) is 0 Å². The third-order valence-electron chi connectivity index (χ3n) is 3.22. The summed E-state index contributed by atoms with van der Waals surface area (Å²) in [6.45, 7) is 1.85. The number of hydrogen-bond donors (Lipinski definition) is 0. The van der Waals surface area contributed by atoms with Crippen molar-refractivity contribution in [2.24, 2.45) is 0 Å². The molecule has 5 nitrogen and oxygen atoms in total. The SMILES string of the molecule is CCOC(=O)N(c1c(Cl)cccc1Cl)C1CCS(=O)(=O)C1. The Morgan fingerprint density at radius 3 is 2.48 bits per heavy atom. The van der Waals surface area contributed by atoms with Crippen LogP contribution in [0.5, 0.6) is 0 Å². The van der Waals surface area contributed by atoms with Crippen LogP contribution in [0.4, 0.5) is 10.5 Å². The normalized spacial score (nSPS) is 20.2. The van der Waals surface area contributed by atoms with E-state index in [9.17, 15) is 13.2 Å². The van der Waals surface area contributed by atoms with Gasteiger partial charge in [0.1, 0.15) is 0 Å². The Morgan fingerprint density at radius 1 is 1.38 bits per heavy atom. The number of carbonyl (C=O) groups excluding carboxylic acids is 1. The first-order valence-electron chi connectivity index (χ1n) is 6.46. The molecule has 1 aromatic carbocycles. The number of anilines is 1. The van der Waals surface area contributed by atoms with Crippen LogP contribution in [0.15, 0.2) is 18.2 Å². The highest BCUT2D eigenvalue weighted by Gasteiger charge is 2.37. The van der Waals surface area contributed by atoms with Crippen molar-refractivity contribution in [2.75, 3.05) is 23.0 Å². The molecule has 0 aromatic heterocycles. The van der Waals surface area contributed by atoms with Crippen molar-refractivity contribution >= 4 is 44.8 Å². The number of carbonyl (C=O) groups is 1. The van der Waals surface area contributed by atoms with E-state index < -0.39 is 22.0 Å². The van der Waals surface area contributed by atoms with E-state index in [2.05, 4.69) is 0 Å². The molecule has 0 saturated carbocycles. The molecule has 0 N–H and O–H groups in total. The number of hydrogen-bond acceptors (Lipinski definition) is 4. The maximum absolute atomic E-state index is 12.2. The molecule has 1 amide bonds. The van der Waals surface area contributed by atoms with Gasteiger partial charge in [-0.05, 0) is 25.5 Å². The molecule has 0 bridgehead atoms. The summed E-state index contributed by atoms with van der Waals surface area (Å²) in [5, 5.41) is 0.555. The first-order valence-corrected chi connectivity index (χ1v) is 9.04. The zero-order chi connectivity index (χ0) is 15.6. The van der Waals surface area contributed by atoms with Crippen molar-refractivity contribution in [1.29, 1.82) is 0 Å². The Balaban J connectivity index is 2.44. The molecule has 1 heterocycles. The Morgan fingerprint density at radius 2 is 2.00 bits per heavy atom. The number of halogens is 2. The van der Waals surface area contributed by atoms with E-state index in [0.717, 1.165) is 0 Å². The van der Waals surface area contributed by atoms with E-state index in [4.69, 9.17) is 27.9 Å².